The van der Waals surface area contributed by atoms with E-state index < -0.39 is 11.2 Å². The summed E-state index contributed by atoms with van der Waals surface area (Å²) in [7, 11) is 0. The molecule has 1 atom stereocenters. The van der Waals surface area contributed by atoms with Gasteiger partial charge in [0, 0.05) is 19.6 Å². The zero-order valence-corrected chi connectivity index (χ0v) is 12.6. The summed E-state index contributed by atoms with van der Waals surface area (Å²) in [5.41, 5.74) is 5.02. The second-order valence-electron chi connectivity index (χ2n) is 5.78. The van der Waals surface area contributed by atoms with E-state index in [4.69, 9.17) is 10.5 Å². The molecule has 6 heteroatoms. The first kappa shape index (κ1) is 16.2. The molecule has 1 amide bonds. The quantitative estimate of drug-likeness (QED) is 0.922. The molecule has 0 saturated carbocycles. The van der Waals surface area contributed by atoms with E-state index in [0.29, 0.717) is 25.4 Å². The second kappa shape index (κ2) is 6.75. The first-order chi connectivity index (χ1) is 10.5. The van der Waals surface area contributed by atoms with E-state index >= 15 is 0 Å². The minimum Gasteiger partial charge on any atom is -0.491 e. The molecule has 1 heterocycles. The van der Waals surface area contributed by atoms with Gasteiger partial charge in [0.2, 0.25) is 0 Å². The van der Waals surface area contributed by atoms with Crippen LogP contribution in [-0.4, -0.2) is 37.0 Å². The average molecular weight is 305 g/mol. The maximum atomic E-state index is 13.5. The van der Waals surface area contributed by atoms with Gasteiger partial charge in [0.05, 0.1) is 17.0 Å². The van der Waals surface area contributed by atoms with Crippen molar-refractivity contribution in [1.29, 1.82) is 5.26 Å². The Labute approximate surface area is 129 Å². The van der Waals surface area contributed by atoms with E-state index in [2.05, 4.69) is 6.07 Å². The summed E-state index contributed by atoms with van der Waals surface area (Å²) < 4.78 is 18.9. The monoisotopic (exact) mass is 305 g/mol. The lowest BCUT2D eigenvalue weighted by molar-refractivity contribution is 0.0625. The molecule has 22 heavy (non-hydrogen) atoms. The number of halogens is 1. The van der Waals surface area contributed by atoms with Crippen molar-refractivity contribution in [2.24, 2.45) is 11.1 Å². The average Bonchev–Trinajstić information content (AvgIpc) is 2.53. The molecular weight excluding hydrogens is 285 g/mol. The van der Waals surface area contributed by atoms with Crippen molar-refractivity contribution in [3.63, 3.8) is 0 Å². The Bertz CT molecular complexity index is 600. The standard InChI is InChI=1S/C16H20FN3O2/c1-16(10-19)5-2-7-20(11-16)15(21)13-9-12(17)3-4-14(13)22-8-6-18/h3-4,9H,2,5-8,11,18H2,1H3/t16-/m1/s1. The molecule has 1 aliphatic heterocycles. The van der Waals surface area contributed by atoms with Crippen LogP contribution in [0.5, 0.6) is 5.75 Å². The highest BCUT2D eigenvalue weighted by Crippen LogP contribution is 2.30. The predicted octanol–water partition coefficient (Wildman–Crippen LogP) is 1.93. The smallest absolute Gasteiger partial charge is 0.257 e. The number of nitrogens with zero attached hydrogens (tertiary/aromatic N) is 2. The largest absolute Gasteiger partial charge is 0.491 e. The Kier molecular flexibility index (Phi) is 4.99. The highest BCUT2D eigenvalue weighted by molar-refractivity contribution is 5.97. The van der Waals surface area contributed by atoms with E-state index in [9.17, 15) is 14.4 Å². The van der Waals surface area contributed by atoms with E-state index in [0.717, 1.165) is 12.8 Å². The summed E-state index contributed by atoms with van der Waals surface area (Å²) in [5, 5.41) is 9.25. The molecular formula is C16H20FN3O2. The Hall–Kier alpha value is -2.13. The molecule has 2 rings (SSSR count). The zero-order valence-electron chi connectivity index (χ0n) is 12.6. The number of benzene rings is 1. The summed E-state index contributed by atoms with van der Waals surface area (Å²) >= 11 is 0. The molecule has 0 radical (unpaired) electrons. The van der Waals surface area contributed by atoms with Gasteiger partial charge in [-0.3, -0.25) is 4.79 Å². The third-order valence-corrected chi connectivity index (χ3v) is 3.80. The van der Waals surface area contributed by atoms with Crippen LogP contribution in [0, 0.1) is 22.6 Å². The first-order valence-corrected chi connectivity index (χ1v) is 7.32. The van der Waals surface area contributed by atoms with Crippen LogP contribution in [0.1, 0.15) is 30.1 Å². The maximum Gasteiger partial charge on any atom is 0.257 e. The van der Waals surface area contributed by atoms with Crippen LogP contribution in [0.4, 0.5) is 4.39 Å². The number of carbonyl (C=O) groups excluding carboxylic acids is 1. The van der Waals surface area contributed by atoms with Gasteiger partial charge >= 0.3 is 0 Å². The third kappa shape index (κ3) is 3.55. The van der Waals surface area contributed by atoms with Crippen LogP contribution in [0.15, 0.2) is 18.2 Å². The molecule has 0 aromatic heterocycles. The highest BCUT2D eigenvalue weighted by Gasteiger charge is 2.34. The second-order valence-corrected chi connectivity index (χ2v) is 5.78. The Morgan fingerprint density at radius 3 is 3.05 bits per heavy atom. The first-order valence-electron chi connectivity index (χ1n) is 7.32. The Morgan fingerprint density at radius 1 is 1.59 bits per heavy atom. The fourth-order valence-electron chi connectivity index (χ4n) is 2.64. The summed E-state index contributed by atoms with van der Waals surface area (Å²) in [6.45, 7) is 3.30. The lowest BCUT2D eigenvalue weighted by Gasteiger charge is -2.36. The summed E-state index contributed by atoms with van der Waals surface area (Å²) in [6, 6.07) is 6.12. The van der Waals surface area contributed by atoms with E-state index in [1.807, 2.05) is 6.92 Å². The van der Waals surface area contributed by atoms with Crippen molar-refractivity contribution in [2.75, 3.05) is 26.2 Å². The molecule has 1 saturated heterocycles. The molecule has 0 unspecified atom stereocenters. The molecule has 0 spiro atoms. The van der Waals surface area contributed by atoms with Crippen LogP contribution >= 0.6 is 0 Å². The highest BCUT2D eigenvalue weighted by atomic mass is 19.1. The molecule has 0 aliphatic carbocycles. The fourth-order valence-corrected chi connectivity index (χ4v) is 2.64. The Morgan fingerprint density at radius 2 is 2.36 bits per heavy atom. The fraction of sp³-hybridized carbons (Fsp3) is 0.500. The van der Waals surface area contributed by atoms with Crippen molar-refractivity contribution in [1.82, 2.24) is 4.90 Å². The molecule has 1 aliphatic rings. The Balaban J connectivity index is 2.25. The normalized spacial score (nSPS) is 21.3. The van der Waals surface area contributed by atoms with Crippen LogP contribution in [0.2, 0.25) is 0 Å². The number of ether oxygens (including phenoxy) is 1. The topological polar surface area (TPSA) is 79.3 Å². The SMILES string of the molecule is C[C@]1(C#N)CCCN(C(=O)c2cc(F)ccc2OCCN)C1. The van der Waals surface area contributed by atoms with Crippen molar-refractivity contribution in [3.8, 4) is 11.8 Å². The summed E-state index contributed by atoms with van der Waals surface area (Å²) in [5.74, 6) is -0.489. The van der Waals surface area contributed by atoms with Crippen molar-refractivity contribution < 1.29 is 13.9 Å². The number of piperidine rings is 1. The van der Waals surface area contributed by atoms with Crippen LogP contribution in [0.3, 0.4) is 0 Å². The maximum absolute atomic E-state index is 13.5. The predicted molar refractivity (Wildman–Crippen MR) is 79.8 cm³/mol. The van der Waals surface area contributed by atoms with Crippen LogP contribution in [-0.2, 0) is 0 Å². The van der Waals surface area contributed by atoms with Gasteiger partial charge in [-0.25, -0.2) is 4.39 Å². The van der Waals surface area contributed by atoms with Crippen LogP contribution in [0.25, 0.3) is 0 Å². The third-order valence-electron chi connectivity index (χ3n) is 3.80. The molecule has 1 aromatic rings. The van der Waals surface area contributed by atoms with Crippen molar-refractivity contribution in [3.05, 3.63) is 29.6 Å². The van der Waals surface area contributed by atoms with Gasteiger partial charge in [-0.1, -0.05) is 0 Å². The lowest BCUT2D eigenvalue weighted by Crippen LogP contribution is -2.44. The minimum atomic E-state index is -0.556. The van der Waals surface area contributed by atoms with E-state index in [1.54, 1.807) is 4.90 Å². The van der Waals surface area contributed by atoms with E-state index in [-0.39, 0.29) is 18.1 Å². The summed E-state index contributed by atoms with van der Waals surface area (Å²) in [6.07, 6.45) is 1.51. The van der Waals surface area contributed by atoms with Gasteiger partial charge in [-0.15, -0.1) is 0 Å². The van der Waals surface area contributed by atoms with E-state index in [1.165, 1.54) is 18.2 Å². The number of hydrogen-bond donors (Lipinski definition) is 1. The van der Waals surface area contributed by atoms with Gasteiger partial charge in [0.15, 0.2) is 0 Å². The number of carbonyl (C=O) groups is 1. The zero-order chi connectivity index (χ0) is 16.2. The van der Waals surface area contributed by atoms with Gasteiger partial charge in [-0.2, -0.15) is 5.26 Å². The van der Waals surface area contributed by atoms with Crippen LogP contribution < -0.4 is 10.5 Å². The minimum absolute atomic E-state index is 0.177. The molecule has 1 aromatic carbocycles. The number of nitriles is 1. The molecule has 5 nitrogen and oxygen atoms in total. The number of amides is 1. The molecule has 118 valence electrons. The van der Waals surface area contributed by atoms with Gasteiger partial charge in [-0.05, 0) is 38.0 Å². The number of hydrogen-bond acceptors (Lipinski definition) is 4. The lowest BCUT2D eigenvalue weighted by atomic mass is 9.83. The van der Waals surface area contributed by atoms with Gasteiger partial charge in [0.25, 0.3) is 5.91 Å². The van der Waals surface area contributed by atoms with Crippen molar-refractivity contribution >= 4 is 5.91 Å². The molecule has 2 N–H and O–H groups in total. The van der Waals surface area contributed by atoms with Gasteiger partial charge < -0.3 is 15.4 Å². The summed E-state index contributed by atoms with van der Waals surface area (Å²) in [4.78, 5) is 14.3. The van der Waals surface area contributed by atoms with Crippen molar-refractivity contribution in [2.45, 2.75) is 19.8 Å². The number of likely N-dealkylation sites (tertiary alicyclic amines) is 1. The van der Waals surface area contributed by atoms with Gasteiger partial charge in [0.1, 0.15) is 18.2 Å². The molecule has 0 bridgehead atoms. The number of rotatable bonds is 4. The number of nitrogens with two attached hydrogens (primary N) is 1. The molecule has 1 fully saturated rings.